The molecule has 1 amide bonds. The van der Waals surface area contributed by atoms with Crippen molar-refractivity contribution >= 4 is 22.5 Å². The lowest BCUT2D eigenvalue weighted by molar-refractivity contribution is -0.127. The third-order valence-electron chi connectivity index (χ3n) is 6.21. The van der Waals surface area contributed by atoms with Gasteiger partial charge in [0.2, 0.25) is 5.91 Å². The van der Waals surface area contributed by atoms with Crippen LogP contribution in [0.1, 0.15) is 18.1 Å². The molecular weight excluding hydrogens is 398 g/mol. The zero-order chi connectivity index (χ0) is 22.3. The van der Waals surface area contributed by atoms with Gasteiger partial charge in [-0.1, -0.05) is 72.8 Å². The molecule has 4 rings (SSSR count). The molecular formula is C27H31N3O2. The number of Topliss-reactive ketones (excluding diaryl/α,β-unsaturated/α-hetero) is 1. The van der Waals surface area contributed by atoms with Crippen LogP contribution in [-0.2, 0) is 22.6 Å². The summed E-state index contributed by atoms with van der Waals surface area (Å²) in [4.78, 5) is 29.3. The predicted molar refractivity (Wildman–Crippen MR) is 128 cm³/mol. The van der Waals surface area contributed by atoms with Crippen LogP contribution in [0, 0.1) is 0 Å². The van der Waals surface area contributed by atoms with Gasteiger partial charge in [-0.15, -0.1) is 0 Å². The smallest absolute Gasteiger partial charge is 0.234 e. The Labute approximate surface area is 190 Å². The van der Waals surface area contributed by atoms with Crippen molar-refractivity contribution in [2.75, 3.05) is 32.7 Å². The Morgan fingerprint density at radius 1 is 0.844 bits per heavy atom. The molecule has 1 heterocycles. The van der Waals surface area contributed by atoms with Crippen molar-refractivity contribution in [3.63, 3.8) is 0 Å². The average Bonchev–Trinajstić information content (AvgIpc) is 2.81. The van der Waals surface area contributed by atoms with Crippen molar-refractivity contribution in [3.05, 3.63) is 83.9 Å². The highest BCUT2D eigenvalue weighted by Gasteiger charge is 2.22. The van der Waals surface area contributed by atoms with Gasteiger partial charge in [-0.25, -0.2) is 0 Å². The Hall–Kier alpha value is -3.02. The van der Waals surface area contributed by atoms with Crippen LogP contribution in [-0.4, -0.2) is 60.3 Å². The maximum atomic E-state index is 12.6. The number of hydrogen-bond acceptors (Lipinski definition) is 4. The van der Waals surface area contributed by atoms with E-state index in [-0.39, 0.29) is 11.7 Å². The van der Waals surface area contributed by atoms with E-state index in [2.05, 4.69) is 57.6 Å². The summed E-state index contributed by atoms with van der Waals surface area (Å²) in [5.74, 6) is -0.0919. The Balaban J connectivity index is 1.27. The standard InChI is InChI=1S/C27H31N3O2/c1-21(31)26(18-22-8-3-2-4-9-22)28-27(32)20-30-16-14-29(15-17-30)19-24-12-7-11-23-10-5-6-13-25(23)24/h2-13,26H,14-20H2,1H3,(H,28,32)/t26-/m1/s1. The first-order valence-electron chi connectivity index (χ1n) is 11.3. The number of hydrogen-bond donors (Lipinski definition) is 1. The molecule has 0 radical (unpaired) electrons. The summed E-state index contributed by atoms with van der Waals surface area (Å²) in [6.07, 6.45) is 0.528. The second-order valence-electron chi connectivity index (χ2n) is 8.61. The minimum atomic E-state index is -0.474. The lowest BCUT2D eigenvalue weighted by Crippen LogP contribution is -2.51. The van der Waals surface area contributed by atoms with Crippen molar-refractivity contribution in [3.8, 4) is 0 Å². The number of fused-ring (bicyclic) bond motifs is 1. The number of carbonyl (C=O) groups is 2. The highest BCUT2D eigenvalue weighted by atomic mass is 16.2. The number of nitrogens with zero attached hydrogens (tertiary/aromatic N) is 2. The van der Waals surface area contributed by atoms with Gasteiger partial charge in [0.05, 0.1) is 12.6 Å². The second kappa shape index (κ2) is 10.5. The molecule has 5 heteroatoms. The first-order valence-corrected chi connectivity index (χ1v) is 11.3. The fourth-order valence-electron chi connectivity index (χ4n) is 4.37. The van der Waals surface area contributed by atoms with E-state index >= 15 is 0 Å². The second-order valence-corrected chi connectivity index (χ2v) is 8.61. The third kappa shape index (κ3) is 5.81. The van der Waals surface area contributed by atoms with Crippen LogP contribution in [0.2, 0.25) is 0 Å². The Bertz CT molecular complexity index is 1050. The van der Waals surface area contributed by atoms with Gasteiger partial charge in [0.15, 0.2) is 5.78 Å². The van der Waals surface area contributed by atoms with Crippen LogP contribution >= 0.6 is 0 Å². The van der Waals surface area contributed by atoms with Crippen molar-refractivity contribution in [2.45, 2.75) is 25.9 Å². The van der Waals surface area contributed by atoms with Crippen molar-refractivity contribution in [2.24, 2.45) is 0 Å². The minimum Gasteiger partial charge on any atom is -0.345 e. The molecule has 1 N–H and O–H groups in total. The van der Waals surface area contributed by atoms with Gasteiger partial charge in [-0.2, -0.15) is 0 Å². The Kier molecular flexibility index (Phi) is 7.30. The molecule has 3 aromatic carbocycles. The van der Waals surface area contributed by atoms with Crippen LogP contribution in [0.5, 0.6) is 0 Å². The van der Waals surface area contributed by atoms with Gasteiger partial charge < -0.3 is 5.32 Å². The number of rotatable bonds is 8. The average molecular weight is 430 g/mol. The largest absolute Gasteiger partial charge is 0.345 e. The van der Waals surface area contributed by atoms with Crippen LogP contribution in [0.3, 0.4) is 0 Å². The molecule has 1 fully saturated rings. The SMILES string of the molecule is CC(=O)[C@@H](Cc1ccccc1)NC(=O)CN1CCN(Cc2cccc3ccccc23)CC1. The lowest BCUT2D eigenvalue weighted by Gasteiger charge is -2.34. The maximum Gasteiger partial charge on any atom is 0.234 e. The van der Waals surface area contributed by atoms with Crippen LogP contribution in [0.15, 0.2) is 72.8 Å². The molecule has 0 unspecified atom stereocenters. The minimum absolute atomic E-state index is 0.0119. The third-order valence-corrected chi connectivity index (χ3v) is 6.21. The molecule has 0 bridgehead atoms. The first kappa shape index (κ1) is 22.2. The molecule has 0 saturated carbocycles. The normalized spacial score (nSPS) is 16.0. The number of piperazine rings is 1. The molecule has 1 aliphatic heterocycles. The van der Waals surface area contributed by atoms with Gasteiger partial charge in [-0.05, 0) is 35.2 Å². The summed E-state index contributed by atoms with van der Waals surface area (Å²) >= 11 is 0. The number of amides is 1. The van der Waals surface area contributed by atoms with E-state index in [0.717, 1.165) is 38.3 Å². The molecule has 0 spiro atoms. The zero-order valence-electron chi connectivity index (χ0n) is 18.7. The molecule has 32 heavy (non-hydrogen) atoms. The summed E-state index contributed by atoms with van der Waals surface area (Å²) in [5.41, 5.74) is 2.40. The van der Waals surface area contributed by atoms with Crippen LogP contribution in [0.4, 0.5) is 0 Å². The Morgan fingerprint density at radius 3 is 2.25 bits per heavy atom. The van der Waals surface area contributed by atoms with E-state index in [1.165, 1.54) is 16.3 Å². The molecule has 1 saturated heterocycles. The van der Waals surface area contributed by atoms with E-state index in [1.807, 2.05) is 30.3 Å². The Morgan fingerprint density at radius 2 is 1.50 bits per heavy atom. The molecule has 3 aromatic rings. The van der Waals surface area contributed by atoms with Gasteiger partial charge >= 0.3 is 0 Å². The van der Waals surface area contributed by atoms with E-state index in [9.17, 15) is 9.59 Å². The summed E-state index contributed by atoms with van der Waals surface area (Å²) < 4.78 is 0. The monoisotopic (exact) mass is 429 g/mol. The zero-order valence-corrected chi connectivity index (χ0v) is 18.7. The van der Waals surface area contributed by atoms with Crippen LogP contribution in [0.25, 0.3) is 10.8 Å². The molecule has 1 atom stereocenters. The maximum absolute atomic E-state index is 12.6. The summed E-state index contributed by atoms with van der Waals surface area (Å²) in [6, 6.07) is 24.3. The first-order chi connectivity index (χ1) is 15.6. The van der Waals surface area contributed by atoms with Crippen molar-refractivity contribution in [1.82, 2.24) is 15.1 Å². The summed E-state index contributed by atoms with van der Waals surface area (Å²) in [5, 5.41) is 5.52. The van der Waals surface area contributed by atoms with E-state index in [1.54, 1.807) is 6.92 Å². The van der Waals surface area contributed by atoms with Crippen LogP contribution < -0.4 is 5.32 Å². The summed E-state index contributed by atoms with van der Waals surface area (Å²) in [6.45, 7) is 6.35. The van der Waals surface area contributed by atoms with E-state index in [0.29, 0.717) is 13.0 Å². The van der Waals surface area contributed by atoms with Crippen molar-refractivity contribution in [1.29, 1.82) is 0 Å². The number of nitrogens with one attached hydrogen (secondary N) is 1. The van der Waals surface area contributed by atoms with Gasteiger partial charge in [-0.3, -0.25) is 19.4 Å². The van der Waals surface area contributed by atoms with Gasteiger partial charge in [0, 0.05) is 32.7 Å². The van der Waals surface area contributed by atoms with Crippen molar-refractivity contribution < 1.29 is 9.59 Å². The van der Waals surface area contributed by atoms with E-state index < -0.39 is 6.04 Å². The van der Waals surface area contributed by atoms with Gasteiger partial charge in [0.1, 0.15) is 0 Å². The number of carbonyl (C=O) groups excluding carboxylic acids is 2. The fraction of sp³-hybridized carbons (Fsp3) is 0.333. The molecule has 0 aliphatic carbocycles. The highest BCUT2D eigenvalue weighted by molar-refractivity contribution is 5.88. The molecule has 1 aliphatic rings. The number of ketones is 1. The molecule has 0 aromatic heterocycles. The molecule has 5 nitrogen and oxygen atoms in total. The number of benzene rings is 3. The van der Waals surface area contributed by atoms with E-state index in [4.69, 9.17) is 0 Å². The fourth-order valence-corrected chi connectivity index (χ4v) is 4.37. The quantitative estimate of drug-likeness (QED) is 0.597. The topological polar surface area (TPSA) is 52.7 Å². The lowest BCUT2D eigenvalue weighted by atomic mass is 10.0. The van der Waals surface area contributed by atoms with Gasteiger partial charge in [0.25, 0.3) is 0 Å². The highest BCUT2D eigenvalue weighted by Crippen LogP contribution is 2.20. The molecule has 166 valence electrons. The predicted octanol–water partition coefficient (Wildman–Crippen LogP) is 3.27. The summed E-state index contributed by atoms with van der Waals surface area (Å²) in [7, 11) is 0.